The van der Waals surface area contributed by atoms with Crippen LogP contribution in [0.15, 0.2) is 30.3 Å². The molecule has 27 heavy (non-hydrogen) atoms. The van der Waals surface area contributed by atoms with Gasteiger partial charge in [-0.1, -0.05) is 38.0 Å². The van der Waals surface area contributed by atoms with Gasteiger partial charge in [0.2, 0.25) is 0 Å². The van der Waals surface area contributed by atoms with Gasteiger partial charge in [0, 0.05) is 5.69 Å². The summed E-state index contributed by atoms with van der Waals surface area (Å²) in [6.45, 7) is 2.34. The van der Waals surface area contributed by atoms with Crippen molar-refractivity contribution < 1.29 is 10.2 Å². The standard InChI is InChI=1S/C23H32N2O2/c1-15-6-9-17(10-7-15)19-12-8-16(14-20(19)24)4-2-3-5-18-11-13-21(26)22(25)23(18)27/h8,11-15,17,26-27H,2-7,9-10,24-25H2,1H3. The molecule has 0 amide bonds. The molecule has 2 aromatic rings. The van der Waals surface area contributed by atoms with Crippen LogP contribution in [0.25, 0.3) is 0 Å². The molecule has 1 aliphatic rings. The predicted molar refractivity (Wildman–Crippen MR) is 112 cm³/mol. The number of aromatic hydroxyl groups is 2. The molecule has 0 radical (unpaired) electrons. The minimum Gasteiger partial charge on any atom is -0.506 e. The Hall–Kier alpha value is -2.36. The number of phenols is 2. The summed E-state index contributed by atoms with van der Waals surface area (Å²) in [5.74, 6) is 1.41. The average molecular weight is 369 g/mol. The Morgan fingerprint density at radius 3 is 2.33 bits per heavy atom. The maximum atomic E-state index is 10.0. The van der Waals surface area contributed by atoms with Gasteiger partial charge in [0.1, 0.15) is 17.2 Å². The summed E-state index contributed by atoms with van der Waals surface area (Å²) in [5, 5.41) is 19.5. The second-order valence-corrected chi connectivity index (χ2v) is 8.13. The van der Waals surface area contributed by atoms with Crippen molar-refractivity contribution in [2.45, 2.75) is 64.2 Å². The number of benzene rings is 2. The van der Waals surface area contributed by atoms with E-state index in [1.54, 1.807) is 6.07 Å². The van der Waals surface area contributed by atoms with Crippen LogP contribution < -0.4 is 11.5 Å². The number of nitrogens with two attached hydrogens (primary N) is 2. The first-order valence-corrected chi connectivity index (χ1v) is 10.1. The molecule has 4 nitrogen and oxygen atoms in total. The largest absolute Gasteiger partial charge is 0.506 e. The van der Waals surface area contributed by atoms with Gasteiger partial charge in [0.05, 0.1) is 0 Å². The Kier molecular flexibility index (Phi) is 6.15. The van der Waals surface area contributed by atoms with Gasteiger partial charge in [-0.25, -0.2) is 0 Å². The number of hydrogen-bond donors (Lipinski definition) is 4. The highest BCUT2D eigenvalue weighted by molar-refractivity contribution is 5.64. The fourth-order valence-corrected chi connectivity index (χ4v) is 4.21. The third-order valence-corrected chi connectivity index (χ3v) is 6.05. The van der Waals surface area contributed by atoms with Crippen LogP contribution in [0.2, 0.25) is 0 Å². The lowest BCUT2D eigenvalue weighted by Crippen LogP contribution is -2.12. The molecule has 0 atom stereocenters. The van der Waals surface area contributed by atoms with Crippen molar-refractivity contribution in [1.29, 1.82) is 0 Å². The van der Waals surface area contributed by atoms with Crippen molar-refractivity contribution in [1.82, 2.24) is 0 Å². The number of aryl methyl sites for hydroxylation is 2. The highest BCUT2D eigenvalue weighted by atomic mass is 16.3. The summed E-state index contributed by atoms with van der Waals surface area (Å²) >= 11 is 0. The molecule has 0 aliphatic heterocycles. The molecule has 0 bridgehead atoms. The van der Waals surface area contributed by atoms with Crippen LogP contribution in [0.1, 0.15) is 68.1 Å². The summed E-state index contributed by atoms with van der Waals surface area (Å²) in [6, 6.07) is 9.87. The number of hydrogen-bond acceptors (Lipinski definition) is 4. The van der Waals surface area contributed by atoms with Crippen LogP contribution in [0, 0.1) is 5.92 Å². The zero-order valence-corrected chi connectivity index (χ0v) is 16.2. The van der Waals surface area contributed by atoms with Crippen molar-refractivity contribution in [2.24, 2.45) is 5.92 Å². The normalized spacial score (nSPS) is 19.9. The van der Waals surface area contributed by atoms with Crippen LogP contribution in [-0.4, -0.2) is 10.2 Å². The average Bonchev–Trinajstić information content (AvgIpc) is 2.66. The number of unbranched alkanes of at least 4 members (excludes halogenated alkanes) is 1. The topological polar surface area (TPSA) is 92.5 Å². The van der Waals surface area contributed by atoms with Crippen LogP contribution >= 0.6 is 0 Å². The maximum absolute atomic E-state index is 10.0. The fraction of sp³-hybridized carbons (Fsp3) is 0.478. The Balaban J connectivity index is 1.52. The second-order valence-electron chi connectivity index (χ2n) is 8.13. The third-order valence-electron chi connectivity index (χ3n) is 6.05. The van der Waals surface area contributed by atoms with E-state index >= 15 is 0 Å². The molecule has 3 rings (SSSR count). The lowest BCUT2D eigenvalue weighted by atomic mass is 9.79. The highest BCUT2D eigenvalue weighted by Crippen LogP contribution is 2.38. The van der Waals surface area contributed by atoms with E-state index in [9.17, 15) is 10.2 Å². The zero-order valence-electron chi connectivity index (χ0n) is 16.2. The van der Waals surface area contributed by atoms with Crippen LogP contribution in [-0.2, 0) is 12.8 Å². The van der Waals surface area contributed by atoms with E-state index in [1.165, 1.54) is 42.9 Å². The van der Waals surface area contributed by atoms with Gasteiger partial charge in [-0.05, 0) is 79.2 Å². The molecular formula is C23H32N2O2. The van der Waals surface area contributed by atoms with E-state index < -0.39 is 0 Å². The van der Waals surface area contributed by atoms with Gasteiger partial charge >= 0.3 is 0 Å². The molecule has 0 aromatic heterocycles. The minimum absolute atomic E-state index is 0.00500. The lowest BCUT2D eigenvalue weighted by molar-refractivity contribution is 0.348. The number of rotatable bonds is 6. The predicted octanol–water partition coefficient (Wildman–Crippen LogP) is 5.12. The van der Waals surface area contributed by atoms with Crippen molar-refractivity contribution in [2.75, 3.05) is 11.5 Å². The van der Waals surface area contributed by atoms with Crippen LogP contribution in [0.4, 0.5) is 11.4 Å². The van der Waals surface area contributed by atoms with Crippen molar-refractivity contribution >= 4 is 11.4 Å². The molecule has 2 aromatic carbocycles. The summed E-state index contributed by atoms with van der Waals surface area (Å²) in [5.41, 5.74) is 16.4. The summed E-state index contributed by atoms with van der Waals surface area (Å²) in [6.07, 6.45) is 8.79. The van der Waals surface area contributed by atoms with Crippen molar-refractivity contribution in [3.05, 3.63) is 47.0 Å². The monoisotopic (exact) mass is 368 g/mol. The Morgan fingerprint density at radius 2 is 1.63 bits per heavy atom. The number of phenolic OH excluding ortho intramolecular Hbond substituents is 2. The van der Waals surface area contributed by atoms with E-state index in [2.05, 4.69) is 25.1 Å². The van der Waals surface area contributed by atoms with Crippen molar-refractivity contribution in [3.63, 3.8) is 0 Å². The van der Waals surface area contributed by atoms with E-state index in [4.69, 9.17) is 11.5 Å². The fourth-order valence-electron chi connectivity index (χ4n) is 4.21. The Labute approximate surface area is 162 Å². The molecule has 146 valence electrons. The first-order chi connectivity index (χ1) is 13.0. The SMILES string of the molecule is CC1CCC(c2ccc(CCCCc3ccc(O)c(N)c3O)cc2N)CC1. The van der Waals surface area contributed by atoms with Crippen LogP contribution in [0.3, 0.4) is 0 Å². The van der Waals surface area contributed by atoms with Gasteiger partial charge < -0.3 is 21.7 Å². The second kappa shape index (κ2) is 8.55. The van der Waals surface area contributed by atoms with Crippen molar-refractivity contribution in [3.8, 4) is 11.5 Å². The molecule has 4 heteroatoms. The third kappa shape index (κ3) is 4.68. The Bertz CT molecular complexity index is 780. The molecule has 0 unspecified atom stereocenters. The number of nitrogen functional groups attached to an aromatic ring is 2. The minimum atomic E-state index is -0.0701. The van der Waals surface area contributed by atoms with Gasteiger partial charge in [-0.3, -0.25) is 0 Å². The molecule has 1 fully saturated rings. The molecule has 1 aliphatic carbocycles. The maximum Gasteiger partial charge on any atom is 0.145 e. The molecular weight excluding hydrogens is 336 g/mol. The number of anilines is 2. The summed E-state index contributed by atoms with van der Waals surface area (Å²) < 4.78 is 0. The zero-order chi connectivity index (χ0) is 19.4. The quantitative estimate of drug-likeness (QED) is 0.323. The van der Waals surface area contributed by atoms with Gasteiger partial charge in [-0.2, -0.15) is 0 Å². The summed E-state index contributed by atoms with van der Waals surface area (Å²) in [4.78, 5) is 0. The molecule has 1 saturated carbocycles. The van der Waals surface area contributed by atoms with Gasteiger partial charge in [0.25, 0.3) is 0 Å². The molecule has 0 heterocycles. The summed E-state index contributed by atoms with van der Waals surface area (Å²) in [7, 11) is 0. The van der Waals surface area contributed by atoms with Gasteiger partial charge in [0.15, 0.2) is 0 Å². The first-order valence-electron chi connectivity index (χ1n) is 10.1. The molecule has 0 saturated heterocycles. The smallest absolute Gasteiger partial charge is 0.145 e. The molecule has 6 N–H and O–H groups in total. The highest BCUT2D eigenvalue weighted by Gasteiger charge is 2.21. The first kappa shape index (κ1) is 19.4. The van der Waals surface area contributed by atoms with E-state index in [0.29, 0.717) is 5.92 Å². The molecule has 0 spiro atoms. The lowest BCUT2D eigenvalue weighted by Gasteiger charge is -2.27. The van der Waals surface area contributed by atoms with E-state index in [0.717, 1.165) is 42.9 Å². The van der Waals surface area contributed by atoms with Gasteiger partial charge in [-0.15, -0.1) is 0 Å². The Morgan fingerprint density at radius 1 is 0.926 bits per heavy atom. The van der Waals surface area contributed by atoms with Crippen LogP contribution in [0.5, 0.6) is 11.5 Å². The van der Waals surface area contributed by atoms with E-state index in [1.807, 2.05) is 0 Å². The van der Waals surface area contributed by atoms with E-state index in [-0.39, 0.29) is 17.2 Å².